The van der Waals surface area contributed by atoms with Crippen LogP contribution in [0, 0.1) is 5.41 Å². The molecule has 1 aliphatic rings. The van der Waals surface area contributed by atoms with E-state index in [9.17, 15) is 9.59 Å². The summed E-state index contributed by atoms with van der Waals surface area (Å²) in [4.78, 5) is 24.2. The van der Waals surface area contributed by atoms with E-state index < -0.39 is 0 Å². The van der Waals surface area contributed by atoms with E-state index in [1.54, 1.807) is 48.5 Å². The zero-order valence-electron chi connectivity index (χ0n) is 10.1. The Morgan fingerprint density at radius 1 is 0.737 bits per heavy atom. The van der Waals surface area contributed by atoms with E-state index in [0.29, 0.717) is 22.3 Å². The van der Waals surface area contributed by atoms with Crippen LogP contribution in [0.5, 0.6) is 0 Å². The van der Waals surface area contributed by atoms with Crippen molar-refractivity contribution in [3.63, 3.8) is 0 Å². The van der Waals surface area contributed by atoms with Crippen LogP contribution < -0.4 is 5.73 Å². The van der Waals surface area contributed by atoms with Gasteiger partial charge in [-0.2, -0.15) is 0 Å². The third kappa shape index (κ3) is 2.15. The molecule has 0 saturated heterocycles. The second kappa shape index (κ2) is 5.27. The highest BCUT2D eigenvalue weighted by molar-refractivity contribution is 6.28. The predicted molar refractivity (Wildman–Crippen MR) is 72.7 cm³/mol. The fraction of sp³-hybridized carbons (Fsp3) is 0. The standard InChI is InChI=1S/C14H8O2.CH4N2/c15-13-9-5-1-2-6-10(9)14(16)12-8-4-3-7-11(12)13;2-1-3/h1-8H;1H,(H3,2,3). The number of carbonyl (C=O) groups is 2. The molecule has 0 unspecified atom stereocenters. The number of nitrogens with two attached hydrogens (primary N) is 1. The Kier molecular flexibility index (Phi) is 3.52. The third-order valence-electron chi connectivity index (χ3n) is 2.83. The lowest BCUT2D eigenvalue weighted by molar-refractivity contribution is 0.0979. The number of carbonyl (C=O) groups excluding carboxylic acids is 2. The van der Waals surface area contributed by atoms with Crippen LogP contribution in [0.3, 0.4) is 0 Å². The van der Waals surface area contributed by atoms with Gasteiger partial charge in [0, 0.05) is 22.3 Å². The maximum Gasteiger partial charge on any atom is 0.194 e. The average Bonchev–Trinajstić information content (AvgIpc) is 2.46. The second-order valence-electron chi connectivity index (χ2n) is 3.92. The minimum Gasteiger partial charge on any atom is -0.390 e. The molecule has 3 N–H and O–H groups in total. The van der Waals surface area contributed by atoms with Crippen molar-refractivity contribution in [2.24, 2.45) is 5.73 Å². The number of hydrogen-bond acceptors (Lipinski definition) is 3. The van der Waals surface area contributed by atoms with Gasteiger partial charge in [-0.3, -0.25) is 15.0 Å². The molecule has 0 saturated carbocycles. The Balaban J connectivity index is 0.000000408. The fourth-order valence-corrected chi connectivity index (χ4v) is 2.05. The van der Waals surface area contributed by atoms with Crippen molar-refractivity contribution in [1.29, 1.82) is 5.41 Å². The lowest BCUT2D eigenvalue weighted by Crippen LogP contribution is -2.20. The van der Waals surface area contributed by atoms with Gasteiger partial charge in [0.2, 0.25) is 0 Å². The van der Waals surface area contributed by atoms with Crippen LogP contribution in [0.25, 0.3) is 0 Å². The van der Waals surface area contributed by atoms with Crippen molar-refractivity contribution in [2.45, 2.75) is 0 Å². The molecule has 0 heterocycles. The molecule has 3 rings (SSSR count). The summed E-state index contributed by atoms with van der Waals surface area (Å²) in [5, 5.41) is 5.86. The first-order valence-electron chi connectivity index (χ1n) is 5.68. The van der Waals surface area contributed by atoms with E-state index >= 15 is 0 Å². The quantitative estimate of drug-likeness (QED) is 0.474. The molecule has 0 aromatic heterocycles. The van der Waals surface area contributed by atoms with Crippen LogP contribution in [0.15, 0.2) is 48.5 Å². The first-order chi connectivity index (χ1) is 9.20. The summed E-state index contributed by atoms with van der Waals surface area (Å²) < 4.78 is 0. The predicted octanol–water partition coefficient (Wildman–Crippen LogP) is 2.01. The van der Waals surface area contributed by atoms with Gasteiger partial charge in [-0.15, -0.1) is 0 Å². The number of hydrogen-bond donors (Lipinski definition) is 2. The van der Waals surface area contributed by atoms with Crippen LogP contribution in [-0.2, 0) is 0 Å². The molecule has 1 aliphatic carbocycles. The maximum atomic E-state index is 12.1. The molecule has 0 atom stereocenters. The smallest absolute Gasteiger partial charge is 0.194 e. The largest absolute Gasteiger partial charge is 0.390 e. The van der Waals surface area contributed by atoms with Gasteiger partial charge in [0.15, 0.2) is 11.6 Å². The molecule has 2 aromatic rings. The fourth-order valence-electron chi connectivity index (χ4n) is 2.05. The van der Waals surface area contributed by atoms with E-state index in [1.807, 2.05) is 0 Å². The molecule has 0 bridgehead atoms. The zero-order valence-corrected chi connectivity index (χ0v) is 10.1. The lowest BCUT2D eigenvalue weighted by Gasteiger charge is -2.16. The molecular weight excluding hydrogens is 240 g/mol. The van der Waals surface area contributed by atoms with Gasteiger partial charge >= 0.3 is 0 Å². The molecule has 0 amide bonds. The zero-order chi connectivity index (χ0) is 13.8. The van der Waals surface area contributed by atoms with E-state index in [4.69, 9.17) is 5.41 Å². The molecule has 0 spiro atoms. The summed E-state index contributed by atoms with van der Waals surface area (Å²) in [6.45, 7) is 0. The Labute approximate surface area is 110 Å². The van der Waals surface area contributed by atoms with Gasteiger partial charge in [0.25, 0.3) is 0 Å². The Hall–Kier alpha value is -2.75. The highest BCUT2D eigenvalue weighted by Gasteiger charge is 2.28. The number of benzene rings is 2. The van der Waals surface area contributed by atoms with Crippen molar-refractivity contribution >= 4 is 17.9 Å². The van der Waals surface area contributed by atoms with Gasteiger partial charge in [-0.05, 0) is 0 Å². The minimum absolute atomic E-state index is 0.0641. The molecule has 2 aromatic carbocycles. The lowest BCUT2D eigenvalue weighted by atomic mass is 9.84. The summed E-state index contributed by atoms with van der Waals surface area (Å²) in [7, 11) is 0. The SMILES string of the molecule is N=CN.O=C1c2ccccc2C(=O)c2ccccc21. The van der Waals surface area contributed by atoms with Crippen molar-refractivity contribution in [2.75, 3.05) is 0 Å². The van der Waals surface area contributed by atoms with Crippen LogP contribution in [0.2, 0.25) is 0 Å². The van der Waals surface area contributed by atoms with E-state index in [2.05, 4.69) is 5.73 Å². The number of rotatable bonds is 0. The summed E-state index contributed by atoms with van der Waals surface area (Å²) in [5.74, 6) is -0.128. The minimum atomic E-state index is -0.0641. The topological polar surface area (TPSA) is 84.0 Å². The van der Waals surface area contributed by atoms with Gasteiger partial charge in [0.05, 0.1) is 6.34 Å². The van der Waals surface area contributed by atoms with E-state index in [0.717, 1.165) is 6.34 Å². The Morgan fingerprint density at radius 3 is 1.16 bits per heavy atom. The van der Waals surface area contributed by atoms with Gasteiger partial charge in [-0.25, -0.2) is 0 Å². The highest BCUT2D eigenvalue weighted by Crippen LogP contribution is 2.26. The second-order valence-corrected chi connectivity index (χ2v) is 3.92. The van der Waals surface area contributed by atoms with Crippen LogP contribution >= 0.6 is 0 Å². The summed E-state index contributed by atoms with van der Waals surface area (Å²) in [5.41, 5.74) is 6.41. The van der Waals surface area contributed by atoms with Crippen molar-refractivity contribution in [3.8, 4) is 0 Å². The van der Waals surface area contributed by atoms with Crippen LogP contribution in [0.1, 0.15) is 31.8 Å². The number of ketones is 2. The summed E-state index contributed by atoms with van der Waals surface area (Å²) in [6.07, 6.45) is 0.750. The van der Waals surface area contributed by atoms with E-state index in [-0.39, 0.29) is 11.6 Å². The number of nitrogens with one attached hydrogen (secondary N) is 1. The van der Waals surface area contributed by atoms with E-state index in [1.165, 1.54) is 0 Å². The molecule has 0 aliphatic heterocycles. The van der Waals surface area contributed by atoms with Gasteiger partial charge < -0.3 is 5.73 Å². The van der Waals surface area contributed by atoms with Crippen LogP contribution in [0.4, 0.5) is 0 Å². The summed E-state index contributed by atoms with van der Waals surface area (Å²) >= 11 is 0. The van der Waals surface area contributed by atoms with Crippen molar-refractivity contribution in [3.05, 3.63) is 70.8 Å². The summed E-state index contributed by atoms with van der Waals surface area (Å²) in [6, 6.07) is 13.9. The van der Waals surface area contributed by atoms with Gasteiger partial charge in [0.1, 0.15) is 0 Å². The Bertz CT molecular complexity index is 557. The average molecular weight is 252 g/mol. The first-order valence-corrected chi connectivity index (χ1v) is 5.68. The molecule has 4 nitrogen and oxygen atoms in total. The third-order valence-corrected chi connectivity index (χ3v) is 2.83. The first kappa shape index (κ1) is 12.7. The molecular formula is C15H12N2O2. The molecule has 19 heavy (non-hydrogen) atoms. The van der Waals surface area contributed by atoms with Crippen molar-refractivity contribution in [1.82, 2.24) is 0 Å². The number of fused-ring (bicyclic) bond motifs is 2. The van der Waals surface area contributed by atoms with Gasteiger partial charge in [-0.1, -0.05) is 48.5 Å². The normalized spacial score (nSPS) is 11.8. The molecule has 4 heteroatoms. The highest BCUT2D eigenvalue weighted by atomic mass is 16.1. The van der Waals surface area contributed by atoms with Crippen LogP contribution in [-0.4, -0.2) is 17.9 Å². The molecule has 94 valence electrons. The molecule has 0 fully saturated rings. The molecule has 0 radical (unpaired) electrons. The van der Waals surface area contributed by atoms with Crippen molar-refractivity contribution < 1.29 is 9.59 Å². The maximum absolute atomic E-state index is 12.1. The monoisotopic (exact) mass is 252 g/mol. The Morgan fingerprint density at radius 2 is 0.947 bits per heavy atom.